The lowest BCUT2D eigenvalue weighted by molar-refractivity contribution is 0.0711. The van der Waals surface area contributed by atoms with E-state index in [9.17, 15) is 4.79 Å². The van der Waals surface area contributed by atoms with Gasteiger partial charge in [-0.15, -0.1) is 0 Å². The lowest BCUT2D eigenvalue weighted by Crippen LogP contribution is -2.38. The average Bonchev–Trinajstić information content (AvgIpc) is 3.13. The van der Waals surface area contributed by atoms with Crippen molar-refractivity contribution >= 4 is 16.9 Å². The van der Waals surface area contributed by atoms with Crippen LogP contribution in [0.15, 0.2) is 48.5 Å². The number of aromatic nitrogens is 2. The molecule has 1 fully saturated rings. The van der Waals surface area contributed by atoms with Crippen molar-refractivity contribution in [1.29, 1.82) is 0 Å². The molecule has 1 aromatic heterocycles. The van der Waals surface area contributed by atoms with E-state index in [2.05, 4.69) is 30.1 Å². The van der Waals surface area contributed by atoms with Gasteiger partial charge in [-0.3, -0.25) is 4.79 Å². The zero-order valence-corrected chi connectivity index (χ0v) is 15.2. The number of aryl methyl sites for hydroxylation is 1. The first-order valence-electron chi connectivity index (χ1n) is 9.57. The molecule has 0 spiro atoms. The molecule has 0 atom stereocenters. The van der Waals surface area contributed by atoms with E-state index in [4.69, 9.17) is 4.98 Å². The summed E-state index contributed by atoms with van der Waals surface area (Å²) in [4.78, 5) is 22.9. The van der Waals surface area contributed by atoms with Crippen molar-refractivity contribution in [2.24, 2.45) is 0 Å². The predicted octanol–water partition coefficient (Wildman–Crippen LogP) is 4.54. The third-order valence-corrected chi connectivity index (χ3v) is 5.32. The monoisotopic (exact) mass is 347 g/mol. The van der Waals surface area contributed by atoms with E-state index in [0.29, 0.717) is 5.92 Å². The number of hydrogen-bond acceptors (Lipinski definition) is 2. The van der Waals surface area contributed by atoms with Crippen LogP contribution >= 0.6 is 0 Å². The van der Waals surface area contributed by atoms with Gasteiger partial charge in [0.25, 0.3) is 5.91 Å². The SMILES string of the molecule is CCCc1ccc(C(=O)N2CCC(c3nc4ccccc4[nH]3)CC2)cc1. The fourth-order valence-corrected chi connectivity index (χ4v) is 3.81. The molecule has 4 rings (SSSR count). The molecule has 4 nitrogen and oxygen atoms in total. The number of para-hydroxylation sites is 2. The quantitative estimate of drug-likeness (QED) is 0.753. The standard InChI is InChI=1S/C22H25N3O/c1-2-5-16-8-10-18(11-9-16)22(26)25-14-12-17(13-15-25)21-23-19-6-3-4-7-20(19)24-21/h3-4,6-11,17H,2,5,12-15H2,1H3,(H,23,24). The van der Waals surface area contributed by atoms with Crippen molar-refractivity contribution in [3.05, 3.63) is 65.5 Å². The summed E-state index contributed by atoms with van der Waals surface area (Å²) in [6, 6.07) is 16.2. The molecule has 1 saturated heterocycles. The zero-order chi connectivity index (χ0) is 17.9. The van der Waals surface area contributed by atoms with Crippen LogP contribution < -0.4 is 0 Å². The van der Waals surface area contributed by atoms with Crippen molar-refractivity contribution in [3.63, 3.8) is 0 Å². The number of likely N-dealkylation sites (tertiary alicyclic amines) is 1. The number of piperidine rings is 1. The van der Waals surface area contributed by atoms with Crippen molar-refractivity contribution in [2.45, 2.75) is 38.5 Å². The Morgan fingerprint density at radius 1 is 1.12 bits per heavy atom. The molecule has 4 heteroatoms. The van der Waals surface area contributed by atoms with Gasteiger partial charge in [-0.25, -0.2) is 4.98 Å². The topological polar surface area (TPSA) is 49.0 Å². The molecule has 3 aromatic rings. The van der Waals surface area contributed by atoms with Crippen molar-refractivity contribution in [2.75, 3.05) is 13.1 Å². The largest absolute Gasteiger partial charge is 0.342 e. The molecule has 1 N–H and O–H groups in total. The second-order valence-corrected chi connectivity index (χ2v) is 7.15. The van der Waals surface area contributed by atoms with Gasteiger partial charge < -0.3 is 9.88 Å². The minimum absolute atomic E-state index is 0.149. The number of amides is 1. The maximum absolute atomic E-state index is 12.8. The van der Waals surface area contributed by atoms with Gasteiger partial charge in [0.2, 0.25) is 0 Å². The van der Waals surface area contributed by atoms with Gasteiger partial charge in [0, 0.05) is 24.6 Å². The average molecular weight is 347 g/mol. The zero-order valence-electron chi connectivity index (χ0n) is 15.2. The van der Waals surface area contributed by atoms with E-state index in [1.54, 1.807) is 0 Å². The molecule has 2 aromatic carbocycles. The summed E-state index contributed by atoms with van der Waals surface area (Å²) >= 11 is 0. The van der Waals surface area contributed by atoms with Crippen LogP contribution in [-0.2, 0) is 6.42 Å². The van der Waals surface area contributed by atoms with Crippen LogP contribution in [0.5, 0.6) is 0 Å². The summed E-state index contributed by atoms with van der Waals surface area (Å²) in [5, 5.41) is 0. The number of benzene rings is 2. The molecule has 0 saturated carbocycles. The fraction of sp³-hybridized carbons (Fsp3) is 0.364. The van der Waals surface area contributed by atoms with E-state index < -0.39 is 0 Å². The van der Waals surface area contributed by atoms with E-state index in [-0.39, 0.29) is 5.91 Å². The summed E-state index contributed by atoms with van der Waals surface area (Å²) in [6.07, 6.45) is 4.11. The molecule has 1 aliphatic rings. The fourth-order valence-electron chi connectivity index (χ4n) is 3.81. The van der Waals surface area contributed by atoms with Crippen LogP contribution in [0, 0.1) is 0 Å². The van der Waals surface area contributed by atoms with Gasteiger partial charge in [-0.05, 0) is 49.1 Å². The highest BCUT2D eigenvalue weighted by molar-refractivity contribution is 5.94. The number of H-pyrrole nitrogens is 1. The van der Waals surface area contributed by atoms with Crippen LogP contribution in [-0.4, -0.2) is 33.9 Å². The lowest BCUT2D eigenvalue weighted by atomic mass is 9.95. The molecule has 134 valence electrons. The van der Waals surface area contributed by atoms with Gasteiger partial charge >= 0.3 is 0 Å². The van der Waals surface area contributed by atoms with Crippen LogP contribution in [0.4, 0.5) is 0 Å². The number of nitrogens with one attached hydrogen (secondary N) is 1. The van der Waals surface area contributed by atoms with Gasteiger partial charge in [-0.2, -0.15) is 0 Å². The molecule has 1 aliphatic heterocycles. The molecular weight excluding hydrogens is 322 g/mol. The number of nitrogens with zero attached hydrogens (tertiary/aromatic N) is 2. The highest BCUT2D eigenvalue weighted by Gasteiger charge is 2.26. The molecule has 0 unspecified atom stereocenters. The van der Waals surface area contributed by atoms with Crippen molar-refractivity contribution < 1.29 is 4.79 Å². The van der Waals surface area contributed by atoms with E-state index in [1.807, 2.05) is 35.2 Å². The summed E-state index contributed by atoms with van der Waals surface area (Å²) in [6.45, 7) is 3.75. The van der Waals surface area contributed by atoms with Gasteiger partial charge in [0.1, 0.15) is 5.82 Å². The Balaban J connectivity index is 1.40. The second-order valence-electron chi connectivity index (χ2n) is 7.15. The third-order valence-electron chi connectivity index (χ3n) is 5.32. The summed E-state index contributed by atoms with van der Waals surface area (Å²) in [7, 11) is 0. The van der Waals surface area contributed by atoms with Crippen LogP contribution in [0.3, 0.4) is 0 Å². The third kappa shape index (κ3) is 3.36. The molecule has 26 heavy (non-hydrogen) atoms. The van der Waals surface area contributed by atoms with E-state index in [1.165, 1.54) is 5.56 Å². The Morgan fingerprint density at radius 3 is 2.54 bits per heavy atom. The predicted molar refractivity (Wildman–Crippen MR) is 104 cm³/mol. The number of carbonyl (C=O) groups is 1. The number of rotatable bonds is 4. The first-order valence-corrected chi connectivity index (χ1v) is 9.57. The molecule has 2 heterocycles. The molecule has 0 bridgehead atoms. The smallest absolute Gasteiger partial charge is 0.253 e. The van der Waals surface area contributed by atoms with Crippen LogP contribution in [0.2, 0.25) is 0 Å². The maximum atomic E-state index is 12.8. The Kier molecular flexibility index (Phi) is 4.74. The Morgan fingerprint density at radius 2 is 1.85 bits per heavy atom. The number of fused-ring (bicyclic) bond motifs is 1. The molecular formula is C22H25N3O. The Labute approximate surface area is 154 Å². The summed E-state index contributed by atoms with van der Waals surface area (Å²) in [5.41, 5.74) is 4.21. The Bertz CT molecular complexity index is 856. The minimum Gasteiger partial charge on any atom is -0.342 e. The maximum Gasteiger partial charge on any atom is 0.253 e. The number of imidazole rings is 1. The molecule has 0 radical (unpaired) electrons. The lowest BCUT2D eigenvalue weighted by Gasteiger charge is -2.31. The van der Waals surface area contributed by atoms with Crippen molar-refractivity contribution in [1.82, 2.24) is 14.9 Å². The Hall–Kier alpha value is -2.62. The molecule has 1 amide bonds. The second kappa shape index (κ2) is 7.32. The molecule has 0 aliphatic carbocycles. The first kappa shape index (κ1) is 16.8. The van der Waals surface area contributed by atoms with Gasteiger partial charge in [-0.1, -0.05) is 37.6 Å². The van der Waals surface area contributed by atoms with Crippen molar-refractivity contribution in [3.8, 4) is 0 Å². The van der Waals surface area contributed by atoms with Gasteiger partial charge in [0.15, 0.2) is 0 Å². The van der Waals surface area contributed by atoms with Crippen LogP contribution in [0.1, 0.15) is 53.8 Å². The summed E-state index contributed by atoms with van der Waals surface area (Å²) in [5.74, 6) is 1.61. The normalized spacial score (nSPS) is 15.5. The van der Waals surface area contributed by atoms with E-state index >= 15 is 0 Å². The van der Waals surface area contributed by atoms with Crippen LogP contribution in [0.25, 0.3) is 11.0 Å². The number of carbonyl (C=O) groups excluding carboxylic acids is 1. The van der Waals surface area contributed by atoms with Gasteiger partial charge in [0.05, 0.1) is 11.0 Å². The summed E-state index contributed by atoms with van der Waals surface area (Å²) < 4.78 is 0. The number of aromatic amines is 1. The highest BCUT2D eigenvalue weighted by atomic mass is 16.2. The minimum atomic E-state index is 0.149. The highest BCUT2D eigenvalue weighted by Crippen LogP contribution is 2.28. The van der Waals surface area contributed by atoms with E-state index in [0.717, 1.165) is 61.2 Å². The first-order chi connectivity index (χ1) is 12.7. The number of hydrogen-bond donors (Lipinski definition) is 1.